The Balaban J connectivity index is 1.39. The van der Waals surface area contributed by atoms with E-state index in [-0.39, 0.29) is 17.2 Å². The monoisotopic (exact) mass is 463 g/mol. The molecule has 1 aromatic heterocycles. The van der Waals surface area contributed by atoms with Crippen LogP contribution >= 0.6 is 11.6 Å². The van der Waals surface area contributed by atoms with E-state index in [2.05, 4.69) is 10.2 Å². The molecule has 7 nitrogen and oxygen atoms in total. The second kappa shape index (κ2) is 8.67. The van der Waals surface area contributed by atoms with E-state index in [1.165, 1.54) is 6.07 Å². The summed E-state index contributed by atoms with van der Waals surface area (Å²) in [5.74, 6) is 0.985. The number of hydrogen-bond donors (Lipinski definition) is 2. The first-order valence-electron chi connectivity index (χ1n) is 10.6. The molecule has 1 amide bonds. The summed E-state index contributed by atoms with van der Waals surface area (Å²) in [6, 6.07) is 16.4. The first kappa shape index (κ1) is 21.2. The number of carbonyl (C=O) groups is 1. The number of phenolic OH excluding ortho intramolecular Hbond substituents is 1. The van der Waals surface area contributed by atoms with Crippen LogP contribution in [0.25, 0.3) is 10.9 Å². The molecule has 2 N–H and O–H groups in total. The van der Waals surface area contributed by atoms with Crippen molar-refractivity contribution in [2.75, 3.05) is 20.3 Å². The van der Waals surface area contributed by atoms with Crippen LogP contribution in [0.5, 0.6) is 17.2 Å². The van der Waals surface area contributed by atoms with Gasteiger partial charge in [-0.2, -0.15) is 5.10 Å². The van der Waals surface area contributed by atoms with Crippen LogP contribution in [0.15, 0.2) is 54.6 Å². The maximum atomic E-state index is 13.2. The maximum Gasteiger partial charge on any atom is 0.257 e. The zero-order valence-corrected chi connectivity index (χ0v) is 18.7. The van der Waals surface area contributed by atoms with E-state index in [0.717, 1.165) is 22.2 Å². The largest absolute Gasteiger partial charge is 0.507 e. The number of aromatic amines is 1. The van der Waals surface area contributed by atoms with Gasteiger partial charge in [0.2, 0.25) is 0 Å². The molecule has 33 heavy (non-hydrogen) atoms. The van der Waals surface area contributed by atoms with Gasteiger partial charge < -0.3 is 19.5 Å². The van der Waals surface area contributed by atoms with Crippen molar-refractivity contribution in [1.82, 2.24) is 15.1 Å². The lowest BCUT2D eigenvalue weighted by atomic mass is 10.0. The van der Waals surface area contributed by atoms with Crippen molar-refractivity contribution < 1.29 is 19.4 Å². The first-order chi connectivity index (χ1) is 16.0. The molecule has 0 saturated carbocycles. The minimum absolute atomic E-state index is 0.105. The number of rotatable bonds is 5. The second-order valence-electron chi connectivity index (χ2n) is 8.03. The lowest BCUT2D eigenvalue weighted by Crippen LogP contribution is -2.26. The molecule has 3 aromatic carbocycles. The molecular formula is C25H22ClN3O4. The molecular weight excluding hydrogens is 442 g/mol. The van der Waals surface area contributed by atoms with Gasteiger partial charge in [0, 0.05) is 42.2 Å². The van der Waals surface area contributed by atoms with Gasteiger partial charge in [-0.05, 0) is 41.5 Å². The third kappa shape index (κ3) is 4.32. The zero-order chi connectivity index (χ0) is 22.9. The summed E-state index contributed by atoms with van der Waals surface area (Å²) in [5.41, 5.74) is 3.64. The molecule has 0 atom stereocenters. The summed E-state index contributed by atoms with van der Waals surface area (Å²) in [6.45, 7) is 1.39. The number of nitrogens with one attached hydrogen (secondary N) is 1. The van der Waals surface area contributed by atoms with Crippen molar-refractivity contribution in [3.8, 4) is 17.2 Å². The summed E-state index contributed by atoms with van der Waals surface area (Å²) >= 11 is 5.98. The Labute approximate surface area is 195 Å². The fraction of sp³-hybridized carbons (Fsp3) is 0.200. The summed E-state index contributed by atoms with van der Waals surface area (Å²) in [4.78, 5) is 14.8. The highest BCUT2D eigenvalue weighted by molar-refractivity contribution is 6.30. The highest BCUT2D eigenvalue weighted by Crippen LogP contribution is 2.32. The van der Waals surface area contributed by atoms with Gasteiger partial charge in [-0.15, -0.1) is 0 Å². The number of halogens is 1. The minimum Gasteiger partial charge on any atom is -0.507 e. The van der Waals surface area contributed by atoms with E-state index in [0.29, 0.717) is 48.2 Å². The molecule has 5 rings (SSSR count). The van der Waals surface area contributed by atoms with Gasteiger partial charge in [-0.3, -0.25) is 9.89 Å². The maximum absolute atomic E-state index is 13.2. The fourth-order valence-corrected chi connectivity index (χ4v) is 4.08. The molecule has 0 saturated heterocycles. The van der Waals surface area contributed by atoms with E-state index in [1.54, 1.807) is 18.0 Å². The summed E-state index contributed by atoms with van der Waals surface area (Å²) in [7, 11) is 1.70. The molecule has 4 aromatic rings. The molecule has 1 aliphatic rings. The fourth-order valence-electron chi connectivity index (χ4n) is 3.95. The van der Waals surface area contributed by atoms with Crippen LogP contribution in [-0.2, 0) is 13.0 Å². The first-order valence-corrected chi connectivity index (χ1v) is 10.9. The molecule has 0 spiro atoms. The van der Waals surface area contributed by atoms with Gasteiger partial charge in [-0.25, -0.2) is 0 Å². The number of ether oxygens (including phenoxy) is 2. The average Bonchev–Trinajstić information content (AvgIpc) is 3.20. The van der Waals surface area contributed by atoms with E-state index < -0.39 is 0 Å². The number of aromatic hydroxyl groups is 1. The van der Waals surface area contributed by atoms with Crippen LogP contribution < -0.4 is 9.47 Å². The number of H-pyrrole nitrogens is 1. The van der Waals surface area contributed by atoms with Crippen molar-refractivity contribution in [3.05, 3.63) is 82.0 Å². The van der Waals surface area contributed by atoms with Crippen molar-refractivity contribution in [3.63, 3.8) is 0 Å². The van der Waals surface area contributed by atoms with E-state index >= 15 is 0 Å². The molecule has 0 radical (unpaired) electrons. The third-order valence-electron chi connectivity index (χ3n) is 5.65. The Morgan fingerprint density at radius 2 is 1.79 bits per heavy atom. The SMILES string of the molecule is CN(Cc1ccc2c(c1)OCCO2)C(=O)c1cc2c(Cc3ccc(Cl)cc3)[nH]nc2cc1O. The summed E-state index contributed by atoms with van der Waals surface area (Å²) in [5, 5.41) is 19.3. The number of carbonyl (C=O) groups excluding carboxylic acids is 1. The molecule has 0 aliphatic carbocycles. The Hall–Kier alpha value is -3.71. The summed E-state index contributed by atoms with van der Waals surface area (Å²) in [6.07, 6.45) is 0.596. The van der Waals surface area contributed by atoms with Gasteiger partial charge in [0.25, 0.3) is 5.91 Å². The normalized spacial score (nSPS) is 12.7. The Kier molecular flexibility index (Phi) is 5.56. The van der Waals surface area contributed by atoms with Crippen molar-refractivity contribution in [2.45, 2.75) is 13.0 Å². The number of phenols is 1. The summed E-state index contributed by atoms with van der Waals surface area (Å²) < 4.78 is 11.2. The third-order valence-corrected chi connectivity index (χ3v) is 5.90. The van der Waals surface area contributed by atoms with Crippen LogP contribution in [0.4, 0.5) is 0 Å². The minimum atomic E-state index is -0.289. The standard InChI is InChI=1S/C25H22ClN3O4/c1-29(14-16-4-7-23-24(11-16)33-9-8-32-23)25(31)19-12-18-20(27-28-21(18)13-22(19)30)10-15-2-5-17(26)6-3-15/h2-7,11-13,30H,8-10,14H2,1H3,(H,27,28). The second-order valence-corrected chi connectivity index (χ2v) is 8.47. The molecule has 0 fully saturated rings. The highest BCUT2D eigenvalue weighted by Gasteiger charge is 2.20. The molecule has 0 bridgehead atoms. The molecule has 2 heterocycles. The van der Waals surface area contributed by atoms with Gasteiger partial charge in [0.15, 0.2) is 11.5 Å². The average molecular weight is 464 g/mol. The van der Waals surface area contributed by atoms with Crippen LogP contribution in [0.2, 0.25) is 5.02 Å². The Bertz CT molecular complexity index is 1330. The van der Waals surface area contributed by atoms with Crippen LogP contribution in [0.3, 0.4) is 0 Å². The number of amides is 1. The molecule has 168 valence electrons. The number of hydrogen-bond acceptors (Lipinski definition) is 5. The van der Waals surface area contributed by atoms with E-state index in [1.807, 2.05) is 42.5 Å². The van der Waals surface area contributed by atoms with Crippen molar-refractivity contribution >= 4 is 28.4 Å². The smallest absolute Gasteiger partial charge is 0.257 e. The molecule has 1 aliphatic heterocycles. The van der Waals surface area contributed by atoms with E-state index in [4.69, 9.17) is 21.1 Å². The number of aromatic nitrogens is 2. The highest BCUT2D eigenvalue weighted by atomic mass is 35.5. The topological polar surface area (TPSA) is 87.7 Å². The van der Waals surface area contributed by atoms with Crippen molar-refractivity contribution in [2.24, 2.45) is 0 Å². The quantitative estimate of drug-likeness (QED) is 0.453. The van der Waals surface area contributed by atoms with Crippen molar-refractivity contribution in [1.29, 1.82) is 0 Å². The van der Waals surface area contributed by atoms with Crippen LogP contribution in [-0.4, -0.2) is 46.4 Å². The van der Waals surface area contributed by atoms with Gasteiger partial charge >= 0.3 is 0 Å². The van der Waals surface area contributed by atoms with Gasteiger partial charge in [0.05, 0.1) is 11.1 Å². The number of nitrogens with zero attached hydrogens (tertiary/aromatic N) is 2. The van der Waals surface area contributed by atoms with Gasteiger partial charge in [-0.1, -0.05) is 29.8 Å². The number of benzene rings is 3. The lowest BCUT2D eigenvalue weighted by molar-refractivity contribution is 0.0782. The predicted molar refractivity (Wildman–Crippen MR) is 125 cm³/mol. The molecule has 0 unspecified atom stereocenters. The molecule has 8 heteroatoms. The van der Waals surface area contributed by atoms with Gasteiger partial charge in [0.1, 0.15) is 19.0 Å². The van der Waals surface area contributed by atoms with Crippen LogP contribution in [0, 0.1) is 0 Å². The predicted octanol–water partition coefficient (Wildman–Crippen LogP) is 4.56. The Morgan fingerprint density at radius 3 is 2.58 bits per heavy atom. The lowest BCUT2D eigenvalue weighted by Gasteiger charge is -2.21. The zero-order valence-electron chi connectivity index (χ0n) is 18.0. The van der Waals surface area contributed by atoms with Crippen LogP contribution in [0.1, 0.15) is 27.2 Å². The Morgan fingerprint density at radius 1 is 1.06 bits per heavy atom. The number of fused-ring (bicyclic) bond motifs is 2. The van der Waals surface area contributed by atoms with E-state index in [9.17, 15) is 9.90 Å².